The molecule has 1 N–H and O–H groups in total. The highest BCUT2D eigenvalue weighted by molar-refractivity contribution is 9.10. The van der Waals surface area contributed by atoms with Gasteiger partial charge in [-0.05, 0) is 52.2 Å². The van der Waals surface area contributed by atoms with Crippen LogP contribution in [0.1, 0.15) is 16.7 Å². The fourth-order valence-corrected chi connectivity index (χ4v) is 4.79. The Morgan fingerprint density at radius 3 is 2.33 bits per heavy atom. The third-order valence-corrected chi connectivity index (χ3v) is 6.71. The Balaban J connectivity index is 1.69. The maximum absolute atomic E-state index is 13.5. The number of halogens is 2. The number of anilines is 1. The normalized spacial score (nSPS) is 14.4. The highest BCUT2D eigenvalue weighted by Crippen LogP contribution is 2.40. The van der Waals surface area contributed by atoms with Gasteiger partial charge in [-0.15, -0.1) is 0 Å². The summed E-state index contributed by atoms with van der Waals surface area (Å²) in [5.41, 5.74) is 2.32. The molecule has 9 nitrogen and oxygen atoms in total. The average Bonchev–Trinajstić information content (AvgIpc) is 2.90. The zero-order chi connectivity index (χ0) is 28.3. The van der Waals surface area contributed by atoms with Crippen molar-refractivity contribution in [2.24, 2.45) is 0 Å². The molecular formula is C28H24BrClN2O7. The molecule has 1 heterocycles. The number of imide groups is 2. The third-order valence-electron chi connectivity index (χ3n) is 5.82. The lowest BCUT2D eigenvalue weighted by molar-refractivity contribution is -0.122. The number of amides is 4. The number of carbonyl (C=O) groups excluding carboxylic acids is 3. The number of nitrogens with one attached hydrogen (secondary N) is 1. The van der Waals surface area contributed by atoms with Gasteiger partial charge in [0.1, 0.15) is 23.7 Å². The molecule has 0 bridgehead atoms. The zero-order valence-corrected chi connectivity index (χ0v) is 23.8. The number of nitrogens with zero attached hydrogens (tertiary/aromatic N) is 1. The minimum Gasteiger partial charge on any atom is -0.495 e. The molecule has 39 heavy (non-hydrogen) atoms. The van der Waals surface area contributed by atoms with E-state index >= 15 is 0 Å². The second-order valence-electron chi connectivity index (χ2n) is 8.43. The van der Waals surface area contributed by atoms with Crippen LogP contribution in [0.3, 0.4) is 0 Å². The molecule has 0 atom stereocenters. The Bertz CT molecular complexity index is 1510. The highest BCUT2D eigenvalue weighted by Gasteiger charge is 2.38. The van der Waals surface area contributed by atoms with Gasteiger partial charge in [0.2, 0.25) is 0 Å². The molecule has 202 valence electrons. The minimum absolute atomic E-state index is 0.0540. The van der Waals surface area contributed by atoms with E-state index in [0.717, 1.165) is 16.0 Å². The molecule has 1 fully saturated rings. The van der Waals surface area contributed by atoms with Gasteiger partial charge >= 0.3 is 6.03 Å². The van der Waals surface area contributed by atoms with Crippen LogP contribution >= 0.6 is 27.5 Å². The molecule has 4 amide bonds. The summed E-state index contributed by atoms with van der Waals surface area (Å²) in [6, 6.07) is 13.1. The van der Waals surface area contributed by atoms with Crippen LogP contribution in [0.25, 0.3) is 6.08 Å². The van der Waals surface area contributed by atoms with Gasteiger partial charge in [0, 0.05) is 12.1 Å². The number of methoxy groups -OCH3 is 3. The summed E-state index contributed by atoms with van der Waals surface area (Å²) in [5, 5.41) is 2.41. The fourth-order valence-electron chi connectivity index (χ4n) is 3.98. The molecule has 0 radical (unpaired) electrons. The van der Waals surface area contributed by atoms with E-state index in [9.17, 15) is 14.4 Å². The van der Waals surface area contributed by atoms with Crippen molar-refractivity contribution in [3.05, 3.63) is 80.3 Å². The summed E-state index contributed by atoms with van der Waals surface area (Å²) < 4.78 is 22.6. The molecule has 0 spiro atoms. The first-order valence-electron chi connectivity index (χ1n) is 11.6. The van der Waals surface area contributed by atoms with Gasteiger partial charge in [-0.25, -0.2) is 9.69 Å². The van der Waals surface area contributed by atoms with Crippen molar-refractivity contribution in [1.29, 1.82) is 0 Å². The van der Waals surface area contributed by atoms with E-state index in [4.69, 9.17) is 30.5 Å². The van der Waals surface area contributed by atoms with Crippen LogP contribution in [-0.2, 0) is 16.2 Å². The number of urea groups is 1. The molecule has 1 saturated heterocycles. The smallest absolute Gasteiger partial charge is 0.336 e. The molecule has 3 aromatic rings. The number of hydrogen-bond donors (Lipinski definition) is 1. The summed E-state index contributed by atoms with van der Waals surface area (Å²) in [5.74, 6) is -0.528. The molecule has 11 heteroatoms. The van der Waals surface area contributed by atoms with Crippen LogP contribution < -0.4 is 29.2 Å². The van der Waals surface area contributed by atoms with Crippen molar-refractivity contribution >= 4 is 57.1 Å². The van der Waals surface area contributed by atoms with E-state index in [1.54, 1.807) is 12.1 Å². The largest absolute Gasteiger partial charge is 0.495 e. The third kappa shape index (κ3) is 5.86. The summed E-state index contributed by atoms with van der Waals surface area (Å²) in [4.78, 5) is 39.7. The van der Waals surface area contributed by atoms with Gasteiger partial charge in [0.05, 0.1) is 36.5 Å². The standard InChI is InChI=1S/C28H24BrClN2O7/c1-15-6-5-7-16(8-15)14-39-25-19(29)10-17(11-24(25)38-4)9-18-26(33)31-28(35)32(27(18)34)21-13-22(36-2)20(30)12-23(21)37-3/h5-13H,14H2,1-4H3,(H,31,33,35)/b18-9+. The van der Waals surface area contributed by atoms with E-state index in [0.29, 0.717) is 28.1 Å². The Morgan fingerprint density at radius 1 is 0.949 bits per heavy atom. The molecule has 0 saturated carbocycles. The van der Waals surface area contributed by atoms with Gasteiger partial charge in [0.15, 0.2) is 11.5 Å². The Morgan fingerprint density at radius 2 is 1.67 bits per heavy atom. The first-order valence-corrected chi connectivity index (χ1v) is 12.7. The van der Waals surface area contributed by atoms with Crippen molar-refractivity contribution in [1.82, 2.24) is 5.32 Å². The molecule has 0 aliphatic carbocycles. The SMILES string of the molecule is COc1cc(N2C(=O)NC(=O)/C(=C\c3cc(Br)c(OCc4cccc(C)c4)c(OC)c3)C2=O)c(OC)cc1Cl. The lowest BCUT2D eigenvalue weighted by atomic mass is 10.1. The number of aryl methyl sites for hydroxylation is 1. The fraction of sp³-hybridized carbons (Fsp3) is 0.179. The number of hydrogen-bond acceptors (Lipinski definition) is 7. The lowest BCUT2D eigenvalue weighted by Gasteiger charge is -2.28. The van der Waals surface area contributed by atoms with Crippen LogP contribution in [0.4, 0.5) is 10.5 Å². The predicted molar refractivity (Wildman–Crippen MR) is 150 cm³/mol. The highest BCUT2D eigenvalue weighted by atomic mass is 79.9. The van der Waals surface area contributed by atoms with E-state index in [-0.39, 0.29) is 27.8 Å². The zero-order valence-electron chi connectivity index (χ0n) is 21.5. The van der Waals surface area contributed by atoms with E-state index in [1.807, 2.05) is 31.2 Å². The van der Waals surface area contributed by atoms with Crippen molar-refractivity contribution in [3.63, 3.8) is 0 Å². The van der Waals surface area contributed by atoms with Gasteiger partial charge < -0.3 is 18.9 Å². The van der Waals surface area contributed by atoms with Crippen LogP contribution in [-0.4, -0.2) is 39.2 Å². The van der Waals surface area contributed by atoms with Gasteiger partial charge in [-0.3, -0.25) is 14.9 Å². The molecule has 4 rings (SSSR count). The summed E-state index contributed by atoms with van der Waals surface area (Å²) in [6.07, 6.45) is 1.36. The van der Waals surface area contributed by atoms with Crippen molar-refractivity contribution in [3.8, 4) is 23.0 Å². The van der Waals surface area contributed by atoms with Gasteiger partial charge in [0.25, 0.3) is 11.8 Å². The minimum atomic E-state index is -0.941. The first-order chi connectivity index (χ1) is 18.7. The predicted octanol–water partition coefficient (Wildman–Crippen LogP) is 5.68. The van der Waals surface area contributed by atoms with Gasteiger partial charge in [-0.1, -0.05) is 41.4 Å². The summed E-state index contributed by atoms with van der Waals surface area (Å²) >= 11 is 9.66. The van der Waals surface area contributed by atoms with Crippen molar-refractivity contribution in [2.75, 3.05) is 26.2 Å². The quantitative estimate of drug-likeness (QED) is 0.257. The number of benzene rings is 3. The molecule has 0 aromatic heterocycles. The average molecular weight is 616 g/mol. The van der Waals surface area contributed by atoms with Crippen molar-refractivity contribution in [2.45, 2.75) is 13.5 Å². The number of ether oxygens (including phenoxy) is 4. The van der Waals surface area contributed by atoms with E-state index < -0.39 is 17.8 Å². The summed E-state index contributed by atoms with van der Waals surface area (Å²) in [7, 11) is 4.24. The molecule has 1 aliphatic rings. The second kappa shape index (κ2) is 11.8. The van der Waals surface area contributed by atoms with Crippen LogP contribution in [0.2, 0.25) is 5.02 Å². The molecule has 3 aromatic carbocycles. The maximum Gasteiger partial charge on any atom is 0.336 e. The molecule has 1 aliphatic heterocycles. The topological polar surface area (TPSA) is 103 Å². The van der Waals surface area contributed by atoms with Crippen molar-refractivity contribution < 1.29 is 33.3 Å². The van der Waals surface area contributed by atoms with Crippen LogP contribution in [0.15, 0.2) is 58.6 Å². The molecule has 0 unspecified atom stereocenters. The Hall–Kier alpha value is -4.02. The van der Waals surface area contributed by atoms with Crippen LogP contribution in [0, 0.1) is 6.92 Å². The number of barbiturate groups is 1. The Kier molecular flexibility index (Phi) is 8.47. The second-order valence-corrected chi connectivity index (χ2v) is 9.69. The van der Waals surface area contributed by atoms with Crippen LogP contribution in [0.5, 0.6) is 23.0 Å². The number of rotatable bonds is 8. The van der Waals surface area contributed by atoms with E-state index in [2.05, 4.69) is 21.2 Å². The first kappa shape index (κ1) is 28.0. The van der Waals surface area contributed by atoms with Gasteiger partial charge in [-0.2, -0.15) is 0 Å². The van der Waals surface area contributed by atoms with E-state index in [1.165, 1.54) is 39.5 Å². The monoisotopic (exact) mass is 614 g/mol. The maximum atomic E-state index is 13.5. The summed E-state index contributed by atoms with van der Waals surface area (Å²) in [6.45, 7) is 2.31. The lowest BCUT2D eigenvalue weighted by Crippen LogP contribution is -2.54. The Labute approximate surface area is 238 Å². The molecular weight excluding hydrogens is 592 g/mol. The number of carbonyl (C=O) groups is 3.